The van der Waals surface area contributed by atoms with Crippen LogP contribution in [0.25, 0.3) is 0 Å². The van der Waals surface area contributed by atoms with Crippen molar-refractivity contribution in [2.24, 2.45) is 7.05 Å². The number of aryl methyl sites for hydroxylation is 1. The fourth-order valence-corrected chi connectivity index (χ4v) is 1.61. The van der Waals surface area contributed by atoms with E-state index in [1.54, 1.807) is 25.5 Å². The van der Waals surface area contributed by atoms with Crippen molar-refractivity contribution in [3.63, 3.8) is 0 Å². The van der Waals surface area contributed by atoms with Gasteiger partial charge in [-0.1, -0.05) is 0 Å². The molecule has 2 aromatic heterocycles. The van der Waals surface area contributed by atoms with Gasteiger partial charge in [-0.3, -0.25) is 9.59 Å². The first-order chi connectivity index (χ1) is 8.90. The van der Waals surface area contributed by atoms with Gasteiger partial charge in [0.25, 0.3) is 11.5 Å². The highest BCUT2D eigenvalue weighted by Crippen LogP contribution is 2.16. The lowest BCUT2D eigenvalue weighted by atomic mass is 10.0. The second-order valence-electron chi connectivity index (χ2n) is 4.80. The maximum atomic E-state index is 12.1. The summed E-state index contributed by atoms with van der Waals surface area (Å²) in [5.41, 5.74) is 0.0294. The van der Waals surface area contributed by atoms with E-state index in [1.807, 2.05) is 13.8 Å². The maximum Gasteiger partial charge on any atom is 0.252 e. The van der Waals surface area contributed by atoms with Crippen LogP contribution in [0, 0.1) is 0 Å². The van der Waals surface area contributed by atoms with E-state index >= 15 is 0 Å². The van der Waals surface area contributed by atoms with E-state index in [4.69, 9.17) is 0 Å². The topological polar surface area (TPSA) is 92.7 Å². The van der Waals surface area contributed by atoms with Gasteiger partial charge in [0.1, 0.15) is 5.69 Å². The second-order valence-corrected chi connectivity index (χ2v) is 4.80. The van der Waals surface area contributed by atoms with Crippen LogP contribution in [0.1, 0.15) is 29.9 Å². The largest absolute Gasteiger partial charge is 0.341 e. The number of rotatable bonds is 3. The molecular weight excluding hydrogens is 246 g/mol. The zero-order valence-electron chi connectivity index (χ0n) is 11.0. The fraction of sp³-hybridized carbons (Fsp3) is 0.333. The van der Waals surface area contributed by atoms with Crippen molar-refractivity contribution in [2.75, 3.05) is 0 Å². The number of carbonyl (C=O) groups excluding carboxylic acids is 1. The Balaban J connectivity index is 2.21. The van der Waals surface area contributed by atoms with Crippen LogP contribution in [-0.4, -0.2) is 25.9 Å². The summed E-state index contributed by atoms with van der Waals surface area (Å²) in [4.78, 5) is 23.6. The number of H-pyrrole nitrogens is 1. The van der Waals surface area contributed by atoms with Crippen LogP contribution in [0.4, 0.5) is 0 Å². The highest BCUT2D eigenvalue weighted by atomic mass is 16.2. The van der Waals surface area contributed by atoms with Crippen LogP contribution < -0.4 is 10.9 Å². The third kappa shape index (κ3) is 2.70. The molecule has 19 heavy (non-hydrogen) atoms. The molecule has 0 saturated carbocycles. The van der Waals surface area contributed by atoms with E-state index in [2.05, 4.69) is 20.7 Å². The molecule has 0 aliphatic carbocycles. The number of aromatic nitrogens is 4. The van der Waals surface area contributed by atoms with Crippen molar-refractivity contribution >= 4 is 5.91 Å². The second kappa shape index (κ2) is 4.68. The zero-order chi connectivity index (χ0) is 14.0. The Kier molecular flexibility index (Phi) is 3.20. The zero-order valence-corrected chi connectivity index (χ0v) is 11.0. The number of nitrogens with one attached hydrogen (secondary N) is 2. The number of nitrogens with zero attached hydrogens (tertiary/aromatic N) is 3. The van der Waals surface area contributed by atoms with Crippen molar-refractivity contribution in [2.45, 2.75) is 19.4 Å². The van der Waals surface area contributed by atoms with Crippen LogP contribution in [0.3, 0.4) is 0 Å². The Morgan fingerprint density at radius 3 is 2.79 bits per heavy atom. The summed E-state index contributed by atoms with van der Waals surface area (Å²) in [7, 11) is 1.63. The van der Waals surface area contributed by atoms with Gasteiger partial charge in [0.2, 0.25) is 0 Å². The summed E-state index contributed by atoms with van der Waals surface area (Å²) < 4.78 is 1.40. The number of carbonyl (C=O) groups is 1. The molecule has 7 heteroatoms. The molecule has 0 unspecified atom stereocenters. The van der Waals surface area contributed by atoms with Crippen molar-refractivity contribution in [1.29, 1.82) is 0 Å². The number of amides is 1. The lowest BCUT2D eigenvalue weighted by Gasteiger charge is -2.23. The first kappa shape index (κ1) is 13.0. The molecule has 2 aromatic rings. The minimum absolute atomic E-state index is 0.230. The van der Waals surface area contributed by atoms with Gasteiger partial charge in [0.05, 0.1) is 11.7 Å². The molecule has 0 aliphatic rings. The molecule has 2 heterocycles. The SMILES string of the molecule is Cn1ccc(C(=O)NC(C)(C)c2cn[nH]n2)cc1=O. The normalized spacial score (nSPS) is 11.3. The van der Waals surface area contributed by atoms with E-state index in [-0.39, 0.29) is 11.5 Å². The molecular formula is C12H15N5O2. The summed E-state index contributed by atoms with van der Waals surface area (Å²) in [6, 6.07) is 2.89. The first-order valence-electron chi connectivity index (χ1n) is 5.75. The number of hydrogen-bond acceptors (Lipinski definition) is 4. The number of pyridine rings is 1. The predicted octanol–water partition coefficient (Wildman–Crippen LogP) is 0.168. The molecule has 0 radical (unpaired) electrons. The average molecular weight is 261 g/mol. The maximum absolute atomic E-state index is 12.1. The first-order valence-corrected chi connectivity index (χ1v) is 5.75. The Hall–Kier alpha value is -2.44. The van der Waals surface area contributed by atoms with Gasteiger partial charge in [0, 0.05) is 24.9 Å². The molecule has 0 bridgehead atoms. The van der Waals surface area contributed by atoms with Gasteiger partial charge in [-0.25, -0.2) is 0 Å². The van der Waals surface area contributed by atoms with Gasteiger partial charge in [-0.15, -0.1) is 0 Å². The number of hydrogen-bond donors (Lipinski definition) is 2. The molecule has 0 aliphatic heterocycles. The van der Waals surface area contributed by atoms with Crippen LogP contribution in [-0.2, 0) is 12.6 Å². The Morgan fingerprint density at radius 1 is 1.47 bits per heavy atom. The molecule has 2 N–H and O–H groups in total. The molecule has 0 saturated heterocycles. The molecule has 0 atom stereocenters. The summed E-state index contributed by atoms with van der Waals surface area (Å²) in [6.45, 7) is 3.62. The highest BCUT2D eigenvalue weighted by Gasteiger charge is 2.26. The highest BCUT2D eigenvalue weighted by molar-refractivity contribution is 5.94. The van der Waals surface area contributed by atoms with Crippen LogP contribution in [0.5, 0.6) is 0 Å². The molecule has 0 spiro atoms. The smallest absolute Gasteiger partial charge is 0.252 e. The van der Waals surface area contributed by atoms with E-state index in [1.165, 1.54) is 10.6 Å². The van der Waals surface area contributed by atoms with Gasteiger partial charge < -0.3 is 9.88 Å². The van der Waals surface area contributed by atoms with E-state index in [0.717, 1.165) is 0 Å². The van der Waals surface area contributed by atoms with E-state index in [9.17, 15) is 9.59 Å². The van der Waals surface area contributed by atoms with Gasteiger partial charge in [0.15, 0.2) is 0 Å². The molecule has 100 valence electrons. The van der Waals surface area contributed by atoms with Crippen molar-refractivity contribution in [3.8, 4) is 0 Å². The Labute approximate surface area is 109 Å². The quantitative estimate of drug-likeness (QED) is 0.823. The molecule has 2 rings (SSSR count). The summed E-state index contributed by atoms with van der Waals surface area (Å²) in [5.74, 6) is -0.328. The molecule has 1 amide bonds. The van der Waals surface area contributed by atoms with Crippen molar-refractivity contribution in [1.82, 2.24) is 25.3 Å². The lowest BCUT2D eigenvalue weighted by Crippen LogP contribution is -2.41. The van der Waals surface area contributed by atoms with Crippen molar-refractivity contribution in [3.05, 3.63) is 46.1 Å². The monoisotopic (exact) mass is 261 g/mol. The van der Waals surface area contributed by atoms with E-state index < -0.39 is 5.54 Å². The van der Waals surface area contributed by atoms with Gasteiger partial charge in [-0.05, 0) is 19.9 Å². The standard InChI is InChI=1S/C12H15N5O2/c1-12(2,9-7-13-16-15-9)14-11(19)8-4-5-17(3)10(18)6-8/h4-7H,1-3H3,(H,14,19)(H,13,15,16). The van der Waals surface area contributed by atoms with Crippen molar-refractivity contribution < 1.29 is 4.79 Å². The summed E-state index contributed by atoms with van der Waals surface area (Å²) in [5, 5.41) is 13.0. The lowest BCUT2D eigenvalue weighted by molar-refractivity contribution is 0.0910. The summed E-state index contributed by atoms with van der Waals surface area (Å²) in [6.07, 6.45) is 3.10. The van der Waals surface area contributed by atoms with Crippen LogP contribution in [0.2, 0.25) is 0 Å². The third-order valence-corrected chi connectivity index (χ3v) is 2.85. The van der Waals surface area contributed by atoms with Gasteiger partial charge in [-0.2, -0.15) is 15.4 Å². The number of aromatic amines is 1. The third-order valence-electron chi connectivity index (χ3n) is 2.85. The van der Waals surface area contributed by atoms with Gasteiger partial charge >= 0.3 is 0 Å². The predicted molar refractivity (Wildman–Crippen MR) is 68.6 cm³/mol. The minimum Gasteiger partial charge on any atom is -0.341 e. The fourth-order valence-electron chi connectivity index (χ4n) is 1.61. The minimum atomic E-state index is -0.675. The molecule has 0 fully saturated rings. The summed E-state index contributed by atoms with van der Waals surface area (Å²) >= 11 is 0. The van der Waals surface area contributed by atoms with Crippen LogP contribution in [0.15, 0.2) is 29.3 Å². The molecule has 7 nitrogen and oxygen atoms in total. The Morgan fingerprint density at radius 2 is 2.21 bits per heavy atom. The average Bonchev–Trinajstić information content (AvgIpc) is 2.86. The molecule has 0 aromatic carbocycles. The van der Waals surface area contributed by atoms with Crippen LogP contribution >= 0.6 is 0 Å². The Bertz CT molecular complexity index is 642. The van der Waals surface area contributed by atoms with E-state index in [0.29, 0.717) is 11.3 Å².